The number of carbonyl (C=O) groups is 2. The number of unbranched alkanes of at least 4 members (excludes halogenated alkanes) is 5. The Morgan fingerprint density at radius 1 is 0.966 bits per heavy atom. The molecule has 0 saturated carbocycles. The maximum Gasteiger partial charge on any atom is 0.337 e. The van der Waals surface area contributed by atoms with E-state index in [1.165, 1.54) is 38.2 Å². The van der Waals surface area contributed by atoms with Gasteiger partial charge < -0.3 is 15.3 Å². The number of nitrogens with zero attached hydrogens (tertiary/aromatic N) is 1. The molecule has 0 atom stereocenters. The smallest absolute Gasteiger partial charge is 0.337 e. The number of aryl methyl sites for hydroxylation is 1. The highest BCUT2D eigenvalue weighted by atomic mass is 16.4. The molecule has 0 aromatic heterocycles. The molecule has 0 aliphatic carbocycles. The Bertz CT molecular complexity index is 815. The third kappa shape index (κ3) is 6.93. The van der Waals surface area contributed by atoms with Crippen molar-refractivity contribution in [2.75, 3.05) is 23.8 Å². The average molecular weight is 397 g/mol. The van der Waals surface area contributed by atoms with E-state index in [9.17, 15) is 14.7 Å². The molecule has 156 valence electrons. The minimum atomic E-state index is -1.06. The van der Waals surface area contributed by atoms with Gasteiger partial charge in [-0.25, -0.2) is 4.79 Å². The van der Waals surface area contributed by atoms with Crippen LogP contribution in [0.2, 0.25) is 0 Å². The second-order valence-corrected chi connectivity index (χ2v) is 7.54. The third-order valence-corrected chi connectivity index (χ3v) is 5.07. The lowest BCUT2D eigenvalue weighted by molar-refractivity contribution is 0.0698. The number of hydrogen-bond acceptors (Lipinski definition) is 3. The van der Waals surface area contributed by atoms with Crippen molar-refractivity contribution in [3.05, 3.63) is 59.2 Å². The van der Waals surface area contributed by atoms with Gasteiger partial charge in [0.05, 0.1) is 11.3 Å². The van der Waals surface area contributed by atoms with Gasteiger partial charge in [-0.05, 0) is 55.3 Å². The fourth-order valence-corrected chi connectivity index (χ4v) is 3.27. The number of carboxylic acids is 1. The van der Waals surface area contributed by atoms with Crippen molar-refractivity contribution < 1.29 is 14.7 Å². The Morgan fingerprint density at radius 2 is 1.62 bits per heavy atom. The zero-order chi connectivity index (χ0) is 21.2. The molecule has 5 nitrogen and oxygen atoms in total. The summed E-state index contributed by atoms with van der Waals surface area (Å²) in [5.41, 5.74) is 2.85. The highest BCUT2D eigenvalue weighted by Crippen LogP contribution is 2.20. The maximum atomic E-state index is 12.6. The van der Waals surface area contributed by atoms with Gasteiger partial charge in [0.15, 0.2) is 0 Å². The van der Waals surface area contributed by atoms with E-state index in [1.807, 2.05) is 19.1 Å². The van der Waals surface area contributed by atoms with Gasteiger partial charge >= 0.3 is 5.97 Å². The van der Waals surface area contributed by atoms with Crippen molar-refractivity contribution in [1.82, 2.24) is 0 Å². The molecule has 0 unspecified atom stereocenters. The molecular formula is C24H32N2O3. The Hall–Kier alpha value is -2.82. The first kappa shape index (κ1) is 22.5. The van der Waals surface area contributed by atoms with Crippen LogP contribution >= 0.6 is 0 Å². The molecular weight excluding hydrogens is 364 g/mol. The standard InChI is InChI=1S/C24H32N2O3/c1-4-5-6-7-8-9-16-26(3)20-13-11-19(12-14-20)23(27)25-22-17-18(2)10-15-21(22)24(28)29/h10-15,17H,4-9,16H2,1-3H3,(H,25,27)(H,28,29). The number of amides is 1. The minimum absolute atomic E-state index is 0.0826. The number of aromatic carboxylic acids is 1. The Labute approximate surface area is 173 Å². The van der Waals surface area contributed by atoms with Crippen LogP contribution in [0, 0.1) is 6.92 Å². The molecule has 2 N–H and O–H groups in total. The number of anilines is 2. The predicted molar refractivity (Wildman–Crippen MR) is 119 cm³/mol. The number of carboxylic acid groups (broad SMARTS) is 1. The van der Waals surface area contributed by atoms with E-state index in [-0.39, 0.29) is 11.5 Å². The highest BCUT2D eigenvalue weighted by Gasteiger charge is 2.14. The molecule has 0 spiro atoms. The van der Waals surface area contributed by atoms with Crippen LogP contribution in [-0.4, -0.2) is 30.6 Å². The van der Waals surface area contributed by atoms with Gasteiger partial charge in [0.25, 0.3) is 5.91 Å². The average Bonchev–Trinajstić information content (AvgIpc) is 2.70. The molecule has 1 amide bonds. The van der Waals surface area contributed by atoms with Crippen LogP contribution in [0.4, 0.5) is 11.4 Å². The fourth-order valence-electron chi connectivity index (χ4n) is 3.27. The van der Waals surface area contributed by atoms with E-state index in [4.69, 9.17) is 0 Å². The highest BCUT2D eigenvalue weighted by molar-refractivity contribution is 6.07. The molecule has 0 heterocycles. The molecule has 2 aromatic carbocycles. The van der Waals surface area contributed by atoms with E-state index in [1.54, 1.807) is 24.3 Å². The first-order chi connectivity index (χ1) is 13.9. The SMILES string of the molecule is CCCCCCCCN(C)c1ccc(C(=O)Nc2cc(C)ccc2C(=O)O)cc1. The zero-order valence-electron chi connectivity index (χ0n) is 17.7. The van der Waals surface area contributed by atoms with Crippen molar-refractivity contribution in [1.29, 1.82) is 0 Å². The van der Waals surface area contributed by atoms with Gasteiger partial charge in [0, 0.05) is 24.8 Å². The van der Waals surface area contributed by atoms with Crippen molar-refractivity contribution in [3.63, 3.8) is 0 Å². The van der Waals surface area contributed by atoms with Crippen LogP contribution < -0.4 is 10.2 Å². The van der Waals surface area contributed by atoms with E-state index >= 15 is 0 Å². The van der Waals surface area contributed by atoms with Crippen LogP contribution in [0.5, 0.6) is 0 Å². The lowest BCUT2D eigenvalue weighted by atomic mass is 10.1. The van der Waals surface area contributed by atoms with Crippen molar-refractivity contribution in [2.24, 2.45) is 0 Å². The number of benzene rings is 2. The summed E-state index contributed by atoms with van der Waals surface area (Å²) in [5.74, 6) is -1.38. The summed E-state index contributed by atoms with van der Waals surface area (Å²) in [4.78, 5) is 26.1. The van der Waals surface area contributed by atoms with Gasteiger partial charge in [-0.3, -0.25) is 4.79 Å². The van der Waals surface area contributed by atoms with E-state index < -0.39 is 5.97 Å². The lowest BCUT2D eigenvalue weighted by Gasteiger charge is -2.19. The molecule has 2 rings (SSSR count). The summed E-state index contributed by atoms with van der Waals surface area (Å²) in [6, 6.07) is 12.3. The van der Waals surface area contributed by atoms with Crippen LogP contribution in [0.25, 0.3) is 0 Å². The Kier molecular flexibility index (Phi) is 8.71. The summed E-state index contributed by atoms with van der Waals surface area (Å²) < 4.78 is 0. The molecule has 0 aliphatic rings. The summed E-state index contributed by atoms with van der Waals surface area (Å²) in [7, 11) is 2.06. The molecule has 29 heavy (non-hydrogen) atoms. The summed E-state index contributed by atoms with van der Waals surface area (Å²) in [6.07, 6.45) is 7.59. The van der Waals surface area contributed by atoms with Gasteiger partial charge in [0.2, 0.25) is 0 Å². The maximum absolute atomic E-state index is 12.6. The number of carbonyl (C=O) groups excluding carboxylic acids is 1. The van der Waals surface area contributed by atoms with Crippen molar-refractivity contribution in [3.8, 4) is 0 Å². The fraction of sp³-hybridized carbons (Fsp3) is 0.417. The second-order valence-electron chi connectivity index (χ2n) is 7.54. The van der Waals surface area contributed by atoms with Gasteiger partial charge in [-0.15, -0.1) is 0 Å². The first-order valence-corrected chi connectivity index (χ1v) is 10.4. The Morgan fingerprint density at radius 3 is 2.28 bits per heavy atom. The molecule has 0 aliphatic heterocycles. The monoisotopic (exact) mass is 396 g/mol. The third-order valence-electron chi connectivity index (χ3n) is 5.07. The largest absolute Gasteiger partial charge is 0.478 e. The number of hydrogen-bond donors (Lipinski definition) is 2. The van der Waals surface area contributed by atoms with Crippen LogP contribution in [0.1, 0.15) is 71.7 Å². The zero-order valence-corrected chi connectivity index (χ0v) is 17.7. The molecule has 5 heteroatoms. The first-order valence-electron chi connectivity index (χ1n) is 10.4. The van der Waals surface area contributed by atoms with Crippen LogP contribution in [-0.2, 0) is 0 Å². The van der Waals surface area contributed by atoms with Gasteiger partial charge in [-0.2, -0.15) is 0 Å². The second kappa shape index (κ2) is 11.2. The normalized spacial score (nSPS) is 10.6. The predicted octanol–water partition coefficient (Wildman–Crippen LogP) is 5.74. The minimum Gasteiger partial charge on any atom is -0.478 e. The van der Waals surface area contributed by atoms with E-state index in [0.717, 1.165) is 24.2 Å². The molecule has 0 saturated heterocycles. The number of nitrogens with one attached hydrogen (secondary N) is 1. The van der Waals surface area contributed by atoms with Crippen LogP contribution in [0.15, 0.2) is 42.5 Å². The van der Waals surface area contributed by atoms with Gasteiger partial charge in [0.1, 0.15) is 0 Å². The number of rotatable bonds is 11. The summed E-state index contributed by atoms with van der Waals surface area (Å²) >= 11 is 0. The molecule has 0 fully saturated rings. The van der Waals surface area contributed by atoms with E-state index in [0.29, 0.717) is 11.3 Å². The summed E-state index contributed by atoms with van der Waals surface area (Å²) in [6.45, 7) is 5.07. The van der Waals surface area contributed by atoms with E-state index in [2.05, 4.69) is 24.2 Å². The van der Waals surface area contributed by atoms with Crippen molar-refractivity contribution >= 4 is 23.3 Å². The molecule has 2 aromatic rings. The molecule has 0 radical (unpaired) electrons. The quantitative estimate of drug-likeness (QED) is 0.475. The van der Waals surface area contributed by atoms with Gasteiger partial charge in [-0.1, -0.05) is 45.1 Å². The molecule has 0 bridgehead atoms. The van der Waals surface area contributed by atoms with Crippen LogP contribution in [0.3, 0.4) is 0 Å². The summed E-state index contributed by atoms with van der Waals surface area (Å²) in [5, 5.41) is 12.0. The Balaban J connectivity index is 1.93. The lowest BCUT2D eigenvalue weighted by Crippen LogP contribution is -2.19. The topological polar surface area (TPSA) is 69.6 Å². The van der Waals surface area contributed by atoms with Crippen molar-refractivity contribution in [2.45, 2.75) is 52.4 Å².